The van der Waals surface area contributed by atoms with Gasteiger partial charge in [0.1, 0.15) is 11.9 Å². The molecule has 0 radical (unpaired) electrons. The van der Waals surface area contributed by atoms with Crippen LogP contribution in [0.4, 0.5) is 5.82 Å². The number of nitrogens with zero attached hydrogens (tertiary/aromatic N) is 3. The minimum absolute atomic E-state index is 0.00547. The summed E-state index contributed by atoms with van der Waals surface area (Å²) < 4.78 is 0. The number of aryl methyl sites for hydroxylation is 2. The Morgan fingerprint density at radius 2 is 2.15 bits per heavy atom. The number of rotatable bonds is 1. The molecular weight excluding hydrogens is 252 g/mol. The zero-order valence-corrected chi connectivity index (χ0v) is 11.5. The molecule has 5 heteroatoms. The maximum absolute atomic E-state index is 11.7. The van der Waals surface area contributed by atoms with Crippen LogP contribution in [-0.2, 0) is 17.6 Å². The fourth-order valence-electron chi connectivity index (χ4n) is 2.93. The van der Waals surface area contributed by atoms with E-state index >= 15 is 0 Å². The van der Waals surface area contributed by atoms with Gasteiger partial charge in [-0.1, -0.05) is 0 Å². The van der Waals surface area contributed by atoms with Gasteiger partial charge in [-0.05, 0) is 43.7 Å². The van der Waals surface area contributed by atoms with Gasteiger partial charge in [0.2, 0.25) is 5.91 Å². The Balaban J connectivity index is 1.99. The fraction of sp³-hybridized carbons (Fsp3) is 0.533. The van der Waals surface area contributed by atoms with E-state index in [2.05, 4.69) is 11.4 Å². The average Bonchev–Trinajstić information content (AvgIpc) is 2.70. The van der Waals surface area contributed by atoms with Gasteiger partial charge in [0.25, 0.3) is 0 Å². The minimum atomic E-state index is 0.00547. The van der Waals surface area contributed by atoms with Crippen molar-refractivity contribution in [3.8, 4) is 6.07 Å². The van der Waals surface area contributed by atoms with Crippen LogP contribution in [0.1, 0.15) is 36.1 Å². The van der Waals surface area contributed by atoms with Gasteiger partial charge in [0.15, 0.2) is 0 Å². The van der Waals surface area contributed by atoms with Crippen molar-refractivity contribution >= 4 is 11.7 Å². The number of carbonyl (C=O) groups excluding carboxylic acids is 1. The summed E-state index contributed by atoms with van der Waals surface area (Å²) >= 11 is 0. The molecule has 1 aromatic heterocycles. The molecule has 104 valence electrons. The van der Waals surface area contributed by atoms with Gasteiger partial charge in [0, 0.05) is 18.8 Å². The van der Waals surface area contributed by atoms with Crippen LogP contribution in [0, 0.1) is 11.3 Å². The highest BCUT2D eigenvalue weighted by Crippen LogP contribution is 2.26. The van der Waals surface area contributed by atoms with Crippen LogP contribution < -0.4 is 10.2 Å². The molecule has 1 fully saturated rings. The fourth-order valence-corrected chi connectivity index (χ4v) is 2.93. The molecule has 0 atom stereocenters. The van der Waals surface area contributed by atoms with E-state index in [9.17, 15) is 10.1 Å². The summed E-state index contributed by atoms with van der Waals surface area (Å²) in [7, 11) is 0. The molecule has 2 aliphatic rings. The Kier molecular flexibility index (Phi) is 3.55. The molecule has 0 unspecified atom stereocenters. The third kappa shape index (κ3) is 2.46. The highest BCUT2D eigenvalue weighted by molar-refractivity contribution is 5.82. The second-order valence-corrected chi connectivity index (χ2v) is 5.41. The molecule has 0 aromatic carbocycles. The van der Waals surface area contributed by atoms with Crippen LogP contribution in [0.15, 0.2) is 6.07 Å². The van der Waals surface area contributed by atoms with Crippen molar-refractivity contribution < 1.29 is 4.79 Å². The Morgan fingerprint density at radius 3 is 3.00 bits per heavy atom. The number of anilines is 1. The Morgan fingerprint density at radius 1 is 1.30 bits per heavy atom. The lowest BCUT2D eigenvalue weighted by Gasteiger charge is -2.24. The van der Waals surface area contributed by atoms with E-state index in [-0.39, 0.29) is 5.91 Å². The van der Waals surface area contributed by atoms with Crippen LogP contribution in [0.2, 0.25) is 0 Å². The number of nitriles is 1. The van der Waals surface area contributed by atoms with Gasteiger partial charge in [-0.25, -0.2) is 4.98 Å². The molecule has 1 amide bonds. The average molecular weight is 270 g/mol. The van der Waals surface area contributed by atoms with Crippen molar-refractivity contribution in [1.29, 1.82) is 5.26 Å². The van der Waals surface area contributed by atoms with Crippen molar-refractivity contribution in [3.63, 3.8) is 0 Å². The van der Waals surface area contributed by atoms with Gasteiger partial charge in [-0.2, -0.15) is 5.26 Å². The monoisotopic (exact) mass is 270 g/mol. The summed E-state index contributed by atoms with van der Waals surface area (Å²) in [5.41, 5.74) is 2.91. The molecule has 0 spiro atoms. The second kappa shape index (κ2) is 5.49. The third-order valence-corrected chi connectivity index (χ3v) is 3.96. The second-order valence-electron chi connectivity index (χ2n) is 5.41. The Hall–Kier alpha value is -2.09. The highest BCUT2D eigenvalue weighted by atomic mass is 16.2. The van der Waals surface area contributed by atoms with Crippen molar-refractivity contribution in [3.05, 3.63) is 22.9 Å². The van der Waals surface area contributed by atoms with E-state index in [4.69, 9.17) is 4.98 Å². The number of aromatic nitrogens is 1. The molecular formula is C15H18N4O. The summed E-state index contributed by atoms with van der Waals surface area (Å²) in [6.45, 7) is 1.75. The van der Waals surface area contributed by atoms with Crippen molar-refractivity contribution in [2.75, 3.05) is 24.5 Å². The van der Waals surface area contributed by atoms with Crippen molar-refractivity contribution in [2.24, 2.45) is 0 Å². The molecule has 2 heterocycles. The van der Waals surface area contributed by atoms with Crippen LogP contribution in [0.25, 0.3) is 0 Å². The Bertz CT molecular complexity index is 576. The predicted molar refractivity (Wildman–Crippen MR) is 75.4 cm³/mol. The largest absolute Gasteiger partial charge is 0.354 e. The lowest BCUT2D eigenvalue weighted by atomic mass is 9.95. The quantitative estimate of drug-likeness (QED) is 0.831. The van der Waals surface area contributed by atoms with Crippen LogP contribution in [0.5, 0.6) is 0 Å². The number of nitrogens with one attached hydrogen (secondary N) is 1. The first-order valence-electron chi connectivity index (χ1n) is 7.22. The molecule has 1 aliphatic heterocycles. The molecule has 20 heavy (non-hydrogen) atoms. The third-order valence-electron chi connectivity index (χ3n) is 3.96. The molecule has 0 bridgehead atoms. The summed E-state index contributed by atoms with van der Waals surface area (Å²) in [5, 5.41) is 12.2. The first-order chi connectivity index (χ1) is 9.78. The van der Waals surface area contributed by atoms with E-state index < -0.39 is 0 Å². The maximum atomic E-state index is 11.7. The van der Waals surface area contributed by atoms with E-state index in [1.807, 2.05) is 11.0 Å². The lowest BCUT2D eigenvalue weighted by Crippen LogP contribution is -2.34. The zero-order chi connectivity index (χ0) is 13.9. The number of hydrogen-bond acceptors (Lipinski definition) is 4. The summed E-state index contributed by atoms with van der Waals surface area (Å²) in [5.74, 6) is 0.691. The topological polar surface area (TPSA) is 69.0 Å². The smallest absolute Gasteiger partial charge is 0.239 e. The van der Waals surface area contributed by atoms with Crippen molar-refractivity contribution in [1.82, 2.24) is 10.3 Å². The molecule has 5 nitrogen and oxygen atoms in total. The molecule has 1 aromatic rings. The zero-order valence-electron chi connectivity index (χ0n) is 11.5. The van der Waals surface area contributed by atoms with Crippen LogP contribution >= 0.6 is 0 Å². The summed E-state index contributed by atoms with van der Waals surface area (Å²) in [4.78, 5) is 18.3. The predicted octanol–water partition coefficient (Wildman–Crippen LogP) is 1.16. The highest BCUT2D eigenvalue weighted by Gasteiger charge is 2.22. The van der Waals surface area contributed by atoms with E-state index in [1.54, 1.807) is 0 Å². The van der Waals surface area contributed by atoms with E-state index in [0.717, 1.165) is 37.9 Å². The van der Waals surface area contributed by atoms with Gasteiger partial charge in [-0.3, -0.25) is 4.79 Å². The van der Waals surface area contributed by atoms with Gasteiger partial charge in [0.05, 0.1) is 12.1 Å². The van der Waals surface area contributed by atoms with Gasteiger partial charge in [-0.15, -0.1) is 0 Å². The van der Waals surface area contributed by atoms with Crippen molar-refractivity contribution in [2.45, 2.75) is 32.1 Å². The first kappa shape index (κ1) is 12.9. The standard InChI is InChI=1S/C15H18N4O/c16-9-12-8-11-4-1-2-5-13(11)18-15(12)19-7-3-6-17-14(20)10-19/h8H,1-7,10H2,(H,17,20). The number of pyridine rings is 1. The molecule has 1 N–H and O–H groups in total. The SMILES string of the molecule is N#Cc1cc2c(nc1N1CCCNC(=O)C1)CCCC2. The normalized spacial score (nSPS) is 18.8. The molecule has 1 saturated heterocycles. The molecule has 1 aliphatic carbocycles. The first-order valence-corrected chi connectivity index (χ1v) is 7.22. The minimum Gasteiger partial charge on any atom is -0.354 e. The van der Waals surface area contributed by atoms with Gasteiger partial charge < -0.3 is 10.2 Å². The number of amides is 1. The van der Waals surface area contributed by atoms with E-state index in [1.165, 1.54) is 12.0 Å². The Labute approximate surface area is 118 Å². The summed E-state index contributed by atoms with van der Waals surface area (Å²) in [6.07, 6.45) is 5.21. The summed E-state index contributed by atoms with van der Waals surface area (Å²) in [6, 6.07) is 4.21. The molecule has 0 saturated carbocycles. The molecule has 3 rings (SSSR count). The number of carbonyl (C=O) groups is 1. The van der Waals surface area contributed by atoms with Crippen LogP contribution in [0.3, 0.4) is 0 Å². The van der Waals surface area contributed by atoms with Gasteiger partial charge >= 0.3 is 0 Å². The van der Waals surface area contributed by atoms with Crippen LogP contribution in [-0.4, -0.2) is 30.5 Å². The number of hydrogen-bond donors (Lipinski definition) is 1. The number of fused-ring (bicyclic) bond motifs is 1. The van der Waals surface area contributed by atoms with E-state index in [0.29, 0.717) is 24.5 Å². The lowest BCUT2D eigenvalue weighted by molar-refractivity contribution is -0.119. The maximum Gasteiger partial charge on any atom is 0.239 e.